The molecule has 1 aromatic heterocycles. The summed E-state index contributed by atoms with van der Waals surface area (Å²) in [7, 11) is -3.42. The Hall–Kier alpha value is -1.15. The first kappa shape index (κ1) is 17.2. The summed E-state index contributed by atoms with van der Waals surface area (Å²) in [5.41, 5.74) is 0.844. The quantitative estimate of drug-likeness (QED) is 0.708. The highest BCUT2D eigenvalue weighted by Crippen LogP contribution is 2.20. The number of unbranched alkanes of at least 4 members (excludes halogenated alkanes) is 1. The minimum atomic E-state index is -3.42. The maximum Gasteiger partial charge on any atom is 0.240 e. The third kappa shape index (κ3) is 4.95. The van der Waals surface area contributed by atoms with Gasteiger partial charge in [-0.25, -0.2) is 18.1 Å². The van der Waals surface area contributed by atoms with Gasteiger partial charge >= 0.3 is 0 Å². The number of hydrogen-bond donors (Lipinski definition) is 2. The van der Waals surface area contributed by atoms with Gasteiger partial charge in [0.2, 0.25) is 10.0 Å². The van der Waals surface area contributed by atoms with Crippen LogP contribution in [0.3, 0.4) is 0 Å². The van der Waals surface area contributed by atoms with Crippen molar-refractivity contribution in [2.45, 2.75) is 31.2 Å². The maximum absolute atomic E-state index is 12.0. The molecule has 2 N–H and O–H groups in total. The Morgan fingerprint density at radius 3 is 2.59 bits per heavy atom. The SMILES string of the molecule is CCCCNS(=O)(=O)c1ccc(NCc2cnc(Cl)s2)cc1. The molecule has 22 heavy (non-hydrogen) atoms. The molecule has 1 aromatic carbocycles. The molecule has 0 radical (unpaired) electrons. The molecule has 0 aliphatic heterocycles. The molecule has 0 aliphatic rings. The number of aromatic nitrogens is 1. The van der Waals surface area contributed by atoms with Gasteiger partial charge in [-0.2, -0.15) is 0 Å². The first-order chi connectivity index (χ1) is 10.5. The molecule has 2 rings (SSSR count). The van der Waals surface area contributed by atoms with Gasteiger partial charge in [-0.05, 0) is 30.7 Å². The van der Waals surface area contributed by atoms with Gasteiger partial charge in [0.1, 0.15) is 0 Å². The first-order valence-corrected chi connectivity index (χ1v) is 9.63. The highest BCUT2D eigenvalue weighted by molar-refractivity contribution is 7.89. The van der Waals surface area contributed by atoms with Gasteiger partial charge in [-0.15, -0.1) is 11.3 Å². The van der Waals surface area contributed by atoms with Gasteiger partial charge in [0.25, 0.3) is 0 Å². The Labute approximate surface area is 139 Å². The smallest absolute Gasteiger partial charge is 0.240 e. The van der Waals surface area contributed by atoms with Crippen molar-refractivity contribution in [2.24, 2.45) is 0 Å². The zero-order valence-electron chi connectivity index (χ0n) is 12.2. The maximum atomic E-state index is 12.0. The molecule has 0 unspecified atom stereocenters. The Kier molecular flexibility index (Phi) is 6.19. The zero-order valence-corrected chi connectivity index (χ0v) is 14.6. The fourth-order valence-electron chi connectivity index (χ4n) is 1.77. The Morgan fingerprint density at radius 2 is 2.00 bits per heavy atom. The van der Waals surface area contributed by atoms with Crippen molar-refractivity contribution in [1.82, 2.24) is 9.71 Å². The predicted molar refractivity (Wildman–Crippen MR) is 91.0 cm³/mol. The zero-order chi connectivity index (χ0) is 16.0. The summed E-state index contributed by atoms with van der Waals surface area (Å²) in [5, 5.41) is 3.20. The lowest BCUT2D eigenvalue weighted by molar-refractivity contribution is 0.578. The highest BCUT2D eigenvalue weighted by atomic mass is 35.5. The van der Waals surface area contributed by atoms with Crippen LogP contribution < -0.4 is 10.0 Å². The number of halogens is 1. The van der Waals surface area contributed by atoms with Crippen LogP contribution in [0.25, 0.3) is 0 Å². The molecule has 0 spiro atoms. The van der Waals surface area contributed by atoms with Gasteiger partial charge in [-0.3, -0.25) is 0 Å². The van der Waals surface area contributed by atoms with Crippen molar-refractivity contribution in [3.05, 3.63) is 39.8 Å². The molecule has 0 saturated carbocycles. The summed E-state index contributed by atoms with van der Waals surface area (Å²) in [6.07, 6.45) is 3.50. The van der Waals surface area contributed by atoms with Crippen LogP contribution in [-0.4, -0.2) is 19.9 Å². The number of anilines is 1. The first-order valence-electron chi connectivity index (χ1n) is 6.95. The van der Waals surface area contributed by atoms with Crippen LogP contribution in [0.1, 0.15) is 24.6 Å². The van der Waals surface area contributed by atoms with E-state index in [9.17, 15) is 8.42 Å². The van der Waals surface area contributed by atoms with E-state index in [1.54, 1.807) is 30.5 Å². The van der Waals surface area contributed by atoms with Crippen molar-refractivity contribution in [2.75, 3.05) is 11.9 Å². The summed E-state index contributed by atoms with van der Waals surface area (Å²) in [5.74, 6) is 0. The van der Waals surface area contributed by atoms with E-state index in [1.165, 1.54) is 11.3 Å². The summed E-state index contributed by atoms with van der Waals surface area (Å²) < 4.78 is 27.2. The number of benzene rings is 1. The summed E-state index contributed by atoms with van der Waals surface area (Å²) in [4.78, 5) is 5.26. The highest BCUT2D eigenvalue weighted by Gasteiger charge is 2.12. The lowest BCUT2D eigenvalue weighted by Gasteiger charge is -2.08. The molecule has 2 aromatic rings. The molecule has 120 valence electrons. The van der Waals surface area contributed by atoms with Crippen LogP contribution in [-0.2, 0) is 16.6 Å². The normalized spacial score (nSPS) is 11.5. The summed E-state index contributed by atoms with van der Waals surface area (Å²) >= 11 is 7.18. The van der Waals surface area contributed by atoms with E-state index in [-0.39, 0.29) is 4.90 Å². The van der Waals surface area contributed by atoms with Gasteiger partial charge < -0.3 is 5.32 Å². The van der Waals surface area contributed by atoms with Crippen molar-refractivity contribution in [1.29, 1.82) is 0 Å². The average molecular weight is 360 g/mol. The van der Waals surface area contributed by atoms with Crippen LogP contribution in [0.15, 0.2) is 35.4 Å². The van der Waals surface area contributed by atoms with Crippen LogP contribution in [0.4, 0.5) is 5.69 Å². The van der Waals surface area contributed by atoms with Crippen LogP contribution in [0.5, 0.6) is 0 Å². The van der Waals surface area contributed by atoms with Crippen molar-refractivity contribution < 1.29 is 8.42 Å². The Morgan fingerprint density at radius 1 is 1.27 bits per heavy atom. The Bertz CT molecular complexity index is 699. The molecule has 0 amide bonds. The van der Waals surface area contributed by atoms with E-state index < -0.39 is 10.0 Å². The van der Waals surface area contributed by atoms with Crippen LogP contribution in [0, 0.1) is 0 Å². The van der Waals surface area contributed by atoms with Crippen molar-refractivity contribution >= 4 is 38.6 Å². The fraction of sp³-hybridized carbons (Fsp3) is 0.357. The fourth-order valence-corrected chi connectivity index (χ4v) is 3.76. The van der Waals surface area contributed by atoms with Gasteiger partial charge in [0, 0.05) is 23.3 Å². The average Bonchev–Trinajstić information content (AvgIpc) is 2.91. The second-order valence-corrected chi connectivity index (χ2v) is 8.17. The minimum Gasteiger partial charge on any atom is -0.380 e. The minimum absolute atomic E-state index is 0.273. The predicted octanol–water partition coefficient (Wildman–Crippen LogP) is 3.49. The molecule has 0 aliphatic carbocycles. The number of rotatable bonds is 8. The number of nitrogens with zero attached hydrogens (tertiary/aromatic N) is 1. The molecule has 0 atom stereocenters. The summed E-state index contributed by atoms with van der Waals surface area (Å²) in [6.45, 7) is 3.08. The van der Waals surface area contributed by atoms with E-state index in [4.69, 9.17) is 11.6 Å². The molecule has 0 bridgehead atoms. The standard InChI is InChI=1S/C14H18ClN3O2S2/c1-2-3-8-18-22(19,20)13-6-4-11(5-7-13)16-9-12-10-17-14(15)21-12/h4-7,10,16,18H,2-3,8-9H2,1H3. The third-order valence-corrected chi connectivity index (χ3v) is 5.57. The van der Waals surface area contributed by atoms with Crippen LogP contribution in [0.2, 0.25) is 4.47 Å². The monoisotopic (exact) mass is 359 g/mol. The molecule has 8 heteroatoms. The lowest BCUT2D eigenvalue weighted by Crippen LogP contribution is -2.24. The topological polar surface area (TPSA) is 71.1 Å². The van der Waals surface area contributed by atoms with Crippen LogP contribution >= 0.6 is 22.9 Å². The van der Waals surface area contributed by atoms with E-state index in [0.29, 0.717) is 17.6 Å². The van der Waals surface area contributed by atoms with E-state index in [0.717, 1.165) is 23.4 Å². The second kappa shape index (κ2) is 7.92. The molecule has 1 heterocycles. The van der Waals surface area contributed by atoms with Crippen molar-refractivity contribution in [3.63, 3.8) is 0 Å². The third-order valence-electron chi connectivity index (χ3n) is 2.98. The van der Waals surface area contributed by atoms with Gasteiger partial charge in [0.05, 0.1) is 11.4 Å². The number of hydrogen-bond acceptors (Lipinski definition) is 5. The second-order valence-electron chi connectivity index (χ2n) is 4.71. The molecule has 0 saturated heterocycles. The molecular formula is C14H18ClN3O2S2. The van der Waals surface area contributed by atoms with Gasteiger partial charge in [-0.1, -0.05) is 24.9 Å². The molecular weight excluding hydrogens is 342 g/mol. The Balaban J connectivity index is 1.94. The number of thiazole rings is 1. The largest absolute Gasteiger partial charge is 0.380 e. The van der Waals surface area contributed by atoms with E-state index >= 15 is 0 Å². The van der Waals surface area contributed by atoms with E-state index in [2.05, 4.69) is 15.0 Å². The van der Waals surface area contributed by atoms with Crippen molar-refractivity contribution in [3.8, 4) is 0 Å². The van der Waals surface area contributed by atoms with Gasteiger partial charge in [0.15, 0.2) is 4.47 Å². The number of nitrogens with one attached hydrogen (secondary N) is 2. The van der Waals surface area contributed by atoms with E-state index in [1.807, 2.05) is 6.92 Å². The molecule has 5 nitrogen and oxygen atoms in total. The molecule has 0 fully saturated rings. The summed E-state index contributed by atoms with van der Waals surface area (Å²) in [6, 6.07) is 6.68. The lowest BCUT2D eigenvalue weighted by atomic mass is 10.3. The number of sulfonamides is 1.